The minimum Gasteiger partial charge on any atom is -0.481 e. The molecular formula is C12H13NO4. The summed E-state index contributed by atoms with van der Waals surface area (Å²) in [6, 6.07) is 6.76. The van der Waals surface area contributed by atoms with Crippen LogP contribution in [0, 0.1) is 6.92 Å². The molecule has 0 radical (unpaired) electrons. The van der Waals surface area contributed by atoms with Gasteiger partial charge in [0, 0.05) is 30.1 Å². The number of nitrogens with two attached hydrogens (primary N) is 1. The van der Waals surface area contributed by atoms with Gasteiger partial charge in [-0.05, 0) is 24.6 Å². The summed E-state index contributed by atoms with van der Waals surface area (Å²) in [6.07, 6.45) is 0. The van der Waals surface area contributed by atoms with Crippen molar-refractivity contribution in [2.75, 3.05) is 5.73 Å². The maximum absolute atomic E-state index is 11.0. The first-order valence-electron chi connectivity index (χ1n) is 4.89. The molecule has 1 aromatic carbocycles. The lowest BCUT2D eigenvalue weighted by Crippen LogP contribution is -1.98. The zero-order valence-electron chi connectivity index (χ0n) is 9.56. The van der Waals surface area contributed by atoms with Gasteiger partial charge in [0.1, 0.15) is 5.58 Å². The number of carbonyl (C=O) groups is 1. The Hall–Kier alpha value is -2.30. The van der Waals surface area contributed by atoms with Gasteiger partial charge in [0.05, 0.1) is 0 Å². The molecule has 0 unspecified atom stereocenters. The van der Waals surface area contributed by atoms with Gasteiger partial charge in [-0.1, -0.05) is 0 Å². The highest BCUT2D eigenvalue weighted by Crippen LogP contribution is 2.18. The maximum atomic E-state index is 11.0. The lowest BCUT2D eigenvalue weighted by molar-refractivity contribution is -0.134. The summed E-state index contributed by atoms with van der Waals surface area (Å²) in [4.78, 5) is 20.0. The second kappa shape index (κ2) is 5.16. The number of aryl methyl sites for hydroxylation is 1. The van der Waals surface area contributed by atoms with Crippen LogP contribution < -0.4 is 11.4 Å². The van der Waals surface area contributed by atoms with Crippen molar-refractivity contribution >= 4 is 22.6 Å². The van der Waals surface area contributed by atoms with Crippen LogP contribution in [0.4, 0.5) is 5.69 Å². The van der Waals surface area contributed by atoms with Gasteiger partial charge in [-0.3, -0.25) is 4.79 Å². The number of anilines is 1. The van der Waals surface area contributed by atoms with E-state index in [9.17, 15) is 4.79 Å². The molecule has 0 saturated carbocycles. The zero-order chi connectivity index (χ0) is 13.0. The van der Waals surface area contributed by atoms with E-state index < -0.39 is 5.97 Å². The normalized spacial score (nSPS) is 9.53. The number of benzene rings is 1. The van der Waals surface area contributed by atoms with E-state index in [0.29, 0.717) is 11.3 Å². The van der Waals surface area contributed by atoms with Crippen molar-refractivity contribution in [3.05, 3.63) is 40.2 Å². The summed E-state index contributed by atoms with van der Waals surface area (Å²) in [7, 11) is 0. The molecular weight excluding hydrogens is 222 g/mol. The predicted octanol–water partition coefficient (Wildman–Crippen LogP) is 1.77. The van der Waals surface area contributed by atoms with Gasteiger partial charge < -0.3 is 15.3 Å². The van der Waals surface area contributed by atoms with Crippen molar-refractivity contribution in [2.24, 2.45) is 0 Å². The quantitative estimate of drug-likeness (QED) is 0.536. The van der Waals surface area contributed by atoms with E-state index in [1.807, 2.05) is 13.0 Å². The fraction of sp³-hybridized carbons (Fsp3) is 0.167. The fourth-order valence-corrected chi connectivity index (χ4v) is 1.34. The molecule has 0 bridgehead atoms. The first kappa shape index (κ1) is 12.8. The lowest BCUT2D eigenvalue weighted by atomic mass is 10.1. The highest BCUT2D eigenvalue weighted by molar-refractivity contribution is 5.82. The van der Waals surface area contributed by atoms with E-state index in [0.717, 1.165) is 17.9 Å². The van der Waals surface area contributed by atoms with Crippen LogP contribution in [0.1, 0.15) is 12.5 Å². The summed E-state index contributed by atoms with van der Waals surface area (Å²) in [5.74, 6) is -0.833. The van der Waals surface area contributed by atoms with E-state index in [1.54, 1.807) is 12.1 Å². The third kappa shape index (κ3) is 3.64. The first-order valence-corrected chi connectivity index (χ1v) is 4.89. The number of carboxylic acids is 1. The van der Waals surface area contributed by atoms with Gasteiger partial charge in [-0.2, -0.15) is 0 Å². The van der Waals surface area contributed by atoms with Gasteiger partial charge in [-0.15, -0.1) is 0 Å². The van der Waals surface area contributed by atoms with Crippen molar-refractivity contribution < 1.29 is 14.3 Å². The van der Waals surface area contributed by atoms with Gasteiger partial charge in [0.15, 0.2) is 0 Å². The van der Waals surface area contributed by atoms with Gasteiger partial charge in [-0.25, -0.2) is 4.79 Å². The van der Waals surface area contributed by atoms with Crippen LogP contribution in [0.5, 0.6) is 0 Å². The molecule has 0 amide bonds. The summed E-state index contributed by atoms with van der Waals surface area (Å²) in [5, 5.41) is 8.34. The standard InChI is InChI=1S/C10H9NO2.C2H4O2/c1-6-4-10(12)13-9-5-7(11)2-3-8(6)9;1-2(3)4/h2-5H,11H2,1H3;1H3,(H,3,4). The second-order valence-corrected chi connectivity index (χ2v) is 3.52. The topological polar surface area (TPSA) is 93.5 Å². The molecule has 0 atom stereocenters. The summed E-state index contributed by atoms with van der Waals surface area (Å²) in [6.45, 7) is 2.95. The average Bonchev–Trinajstić information content (AvgIpc) is 2.14. The molecule has 2 aromatic rings. The monoisotopic (exact) mass is 235 g/mol. The number of carboxylic acid groups (broad SMARTS) is 1. The molecule has 3 N–H and O–H groups in total. The van der Waals surface area contributed by atoms with Crippen molar-refractivity contribution in [1.82, 2.24) is 0 Å². The second-order valence-electron chi connectivity index (χ2n) is 3.52. The van der Waals surface area contributed by atoms with E-state index in [4.69, 9.17) is 20.1 Å². The van der Waals surface area contributed by atoms with E-state index in [1.165, 1.54) is 6.07 Å². The van der Waals surface area contributed by atoms with Crippen LogP contribution >= 0.6 is 0 Å². The number of hydrogen-bond acceptors (Lipinski definition) is 4. The Bertz CT molecular complexity index is 597. The molecule has 2 rings (SSSR count). The molecule has 0 saturated heterocycles. The molecule has 1 heterocycles. The Morgan fingerprint density at radius 3 is 2.53 bits per heavy atom. The molecule has 0 aliphatic rings. The minimum atomic E-state index is -0.833. The van der Waals surface area contributed by atoms with Crippen LogP contribution in [-0.2, 0) is 4.79 Å². The van der Waals surface area contributed by atoms with Crippen molar-refractivity contribution in [3.63, 3.8) is 0 Å². The van der Waals surface area contributed by atoms with Gasteiger partial charge in [0.2, 0.25) is 0 Å². The molecule has 5 nitrogen and oxygen atoms in total. The van der Waals surface area contributed by atoms with Gasteiger partial charge in [0.25, 0.3) is 5.97 Å². The largest absolute Gasteiger partial charge is 0.481 e. The zero-order valence-corrected chi connectivity index (χ0v) is 9.56. The predicted molar refractivity (Wildman–Crippen MR) is 64.9 cm³/mol. The Morgan fingerprint density at radius 2 is 1.94 bits per heavy atom. The Kier molecular flexibility index (Phi) is 3.87. The first-order chi connectivity index (χ1) is 7.90. The minimum absolute atomic E-state index is 0.337. The third-order valence-corrected chi connectivity index (χ3v) is 1.98. The Morgan fingerprint density at radius 1 is 1.35 bits per heavy atom. The third-order valence-electron chi connectivity index (χ3n) is 1.98. The van der Waals surface area contributed by atoms with E-state index >= 15 is 0 Å². The van der Waals surface area contributed by atoms with Crippen molar-refractivity contribution in [3.8, 4) is 0 Å². The fourth-order valence-electron chi connectivity index (χ4n) is 1.34. The van der Waals surface area contributed by atoms with E-state index in [2.05, 4.69) is 0 Å². The molecule has 90 valence electrons. The highest BCUT2D eigenvalue weighted by Gasteiger charge is 2.00. The number of fused-ring (bicyclic) bond motifs is 1. The molecule has 0 fully saturated rings. The molecule has 0 aliphatic carbocycles. The Balaban J connectivity index is 0.000000317. The highest BCUT2D eigenvalue weighted by atomic mass is 16.4. The molecule has 17 heavy (non-hydrogen) atoms. The average molecular weight is 235 g/mol. The number of hydrogen-bond donors (Lipinski definition) is 2. The molecule has 1 aromatic heterocycles. The lowest BCUT2D eigenvalue weighted by Gasteiger charge is -2.00. The summed E-state index contributed by atoms with van der Waals surface area (Å²) < 4.78 is 4.99. The molecule has 0 spiro atoms. The van der Waals surface area contributed by atoms with Crippen LogP contribution in [0.3, 0.4) is 0 Å². The number of aliphatic carboxylic acids is 1. The van der Waals surface area contributed by atoms with Crippen LogP contribution in [0.2, 0.25) is 0 Å². The molecule has 0 aliphatic heterocycles. The van der Waals surface area contributed by atoms with Crippen molar-refractivity contribution in [1.29, 1.82) is 0 Å². The number of nitrogen functional groups attached to an aromatic ring is 1. The molecule has 5 heteroatoms. The maximum Gasteiger partial charge on any atom is 0.336 e. The SMILES string of the molecule is CC(=O)O.Cc1cc(=O)oc2cc(N)ccc12. The van der Waals surface area contributed by atoms with Crippen LogP contribution in [-0.4, -0.2) is 11.1 Å². The smallest absolute Gasteiger partial charge is 0.336 e. The van der Waals surface area contributed by atoms with Gasteiger partial charge >= 0.3 is 5.63 Å². The van der Waals surface area contributed by atoms with Crippen molar-refractivity contribution in [2.45, 2.75) is 13.8 Å². The van der Waals surface area contributed by atoms with Crippen LogP contribution in [0.15, 0.2) is 33.5 Å². The summed E-state index contributed by atoms with van der Waals surface area (Å²) >= 11 is 0. The Labute approximate surface area is 97.5 Å². The summed E-state index contributed by atoms with van der Waals surface area (Å²) in [5.41, 5.74) is 7.28. The number of rotatable bonds is 0. The van der Waals surface area contributed by atoms with E-state index in [-0.39, 0.29) is 5.63 Å². The van der Waals surface area contributed by atoms with Crippen LogP contribution in [0.25, 0.3) is 11.0 Å².